The number of rotatable bonds is 9. The van der Waals surface area contributed by atoms with Gasteiger partial charge in [-0.2, -0.15) is 0 Å². The molecule has 1 unspecified atom stereocenters. The Labute approximate surface area is 239 Å². The van der Waals surface area contributed by atoms with Crippen molar-refractivity contribution in [2.24, 2.45) is 11.8 Å². The number of pyridine rings is 3. The summed E-state index contributed by atoms with van der Waals surface area (Å²) in [6.45, 7) is 14.3. The molecule has 0 aliphatic carbocycles. The number of hydrogen-bond acceptors (Lipinski definition) is 9. The van der Waals surface area contributed by atoms with Gasteiger partial charge in [0.25, 0.3) is 0 Å². The summed E-state index contributed by atoms with van der Waals surface area (Å²) in [4.78, 5) is 31.6. The van der Waals surface area contributed by atoms with E-state index in [-0.39, 0.29) is 23.4 Å². The van der Waals surface area contributed by atoms with E-state index >= 15 is 0 Å². The fourth-order valence-electron chi connectivity index (χ4n) is 5.58. The Morgan fingerprint density at radius 1 is 1.15 bits per heavy atom. The van der Waals surface area contributed by atoms with Crippen LogP contribution in [0.3, 0.4) is 0 Å². The summed E-state index contributed by atoms with van der Waals surface area (Å²) < 4.78 is 26.2. The molecule has 0 saturated carbocycles. The summed E-state index contributed by atoms with van der Waals surface area (Å²) in [6.07, 6.45) is 0.926. The van der Waals surface area contributed by atoms with Gasteiger partial charge < -0.3 is 15.5 Å². The zero-order valence-corrected chi connectivity index (χ0v) is 25.3. The number of anilines is 3. The number of nitrogens with zero attached hydrogens (tertiary/aromatic N) is 5. The summed E-state index contributed by atoms with van der Waals surface area (Å²) in [5, 5.41) is -0.216. The van der Waals surface area contributed by atoms with Crippen LogP contribution in [0.5, 0.6) is 0 Å². The lowest BCUT2D eigenvalue weighted by Gasteiger charge is -2.34. The van der Waals surface area contributed by atoms with Gasteiger partial charge in [-0.05, 0) is 75.4 Å². The lowest BCUT2D eigenvalue weighted by molar-refractivity contribution is 0.102. The molecule has 1 atom stereocenters. The summed E-state index contributed by atoms with van der Waals surface area (Å²) in [6, 6.07) is 11.8. The van der Waals surface area contributed by atoms with Crippen LogP contribution in [-0.2, 0) is 9.84 Å². The predicted molar refractivity (Wildman–Crippen MR) is 163 cm³/mol. The number of hydrogen-bond donors (Lipinski definition) is 1. The molecule has 0 aromatic carbocycles. The molecule has 1 aliphatic heterocycles. The van der Waals surface area contributed by atoms with Crippen molar-refractivity contribution in [1.29, 1.82) is 0 Å². The summed E-state index contributed by atoms with van der Waals surface area (Å²) in [7, 11) is -1.97. The molecule has 9 nitrogen and oxygen atoms in total. The average molecular weight is 567 g/mol. The minimum absolute atomic E-state index is 0. The molecule has 1 fully saturated rings. The minimum Gasteiger partial charge on any atom is -0.384 e. The average Bonchev–Trinajstić information content (AvgIpc) is 3.14. The van der Waals surface area contributed by atoms with Crippen molar-refractivity contribution in [3.63, 3.8) is 0 Å². The van der Waals surface area contributed by atoms with E-state index in [2.05, 4.69) is 49.4 Å². The monoisotopic (exact) mass is 566 g/mol. The van der Waals surface area contributed by atoms with Crippen LogP contribution in [0.1, 0.15) is 58.5 Å². The van der Waals surface area contributed by atoms with Gasteiger partial charge in [-0.25, -0.2) is 23.4 Å². The lowest BCUT2D eigenvalue weighted by atomic mass is 9.97. The Morgan fingerprint density at radius 3 is 2.48 bits per heavy atom. The Bertz CT molecular complexity index is 1530. The van der Waals surface area contributed by atoms with Crippen LogP contribution >= 0.6 is 0 Å². The van der Waals surface area contributed by atoms with Crippen LogP contribution in [-0.4, -0.2) is 60.6 Å². The molecular weight excluding hydrogens is 524 g/mol. The topological polar surface area (TPSA) is 122 Å². The van der Waals surface area contributed by atoms with E-state index in [1.54, 1.807) is 12.1 Å². The highest BCUT2D eigenvalue weighted by Crippen LogP contribution is 2.39. The van der Waals surface area contributed by atoms with Gasteiger partial charge in [0.05, 0.1) is 11.3 Å². The van der Waals surface area contributed by atoms with E-state index in [0.29, 0.717) is 29.9 Å². The Hall–Kier alpha value is -3.53. The molecule has 0 radical (unpaired) electrons. The number of carbonyl (C=O) groups excluding carboxylic acids is 1. The minimum atomic E-state index is -4.00. The molecule has 4 heterocycles. The van der Waals surface area contributed by atoms with Crippen molar-refractivity contribution in [3.05, 3.63) is 53.7 Å². The van der Waals surface area contributed by atoms with Crippen molar-refractivity contribution in [2.75, 3.05) is 41.4 Å². The largest absolute Gasteiger partial charge is 0.384 e. The van der Waals surface area contributed by atoms with Crippen molar-refractivity contribution in [1.82, 2.24) is 15.0 Å². The van der Waals surface area contributed by atoms with E-state index in [1.165, 1.54) is 18.2 Å². The van der Waals surface area contributed by atoms with Gasteiger partial charge in [-0.3, -0.25) is 4.79 Å². The standard InChI is InChI=1S/C30H40N6O3S.H2/c1-19(2)16-35(7)27-14-12-22(21(4)32-27)24-13-11-23(29(33-24)36-17-20(3)15-30(36,5)6)25(37)18-40(38,39)28-10-8-9-26(31)34-28;/h8-14,19-20H,15-18H2,1-7H3,(H2,31,34);1H. The number of carbonyl (C=O) groups is 1. The molecule has 3 aromatic heterocycles. The molecule has 4 rings (SSSR count). The number of aromatic nitrogens is 3. The van der Waals surface area contributed by atoms with Gasteiger partial charge in [0.15, 0.2) is 10.8 Å². The number of nitrogens with two attached hydrogens (primary N) is 1. The van der Waals surface area contributed by atoms with Crippen LogP contribution < -0.4 is 15.5 Å². The molecule has 0 spiro atoms. The first kappa shape index (κ1) is 29.5. The predicted octanol–water partition coefficient (Wildman–Crippen LogP) is 5.05. The maximum atomic E-state index is 13.6. The number of aryl methyl sites for hydroxylation is 1. The molecule has 216 valence electrons. The van der Waals surface area contributed by atoms with Crippen molar-refractivity contribution >= 4 is 33.1 Å². The highest BCUT2D eigenvalue weighted by atomic mass is 32.2. The molecule has 40 heavy (non-hydrogen) atoms. The highest BCUT2D eigenvalue weighted by molar-refractivity contribution is 7.92. The van der Waals surface area contributed by atoms with Gasteiger partial charge in [-0.15, -0.1) is 0 Å². The molecule has 1 saturated heterocycles. The summed E-state index contributed by atoms with van der Waals surface area (Å²) >= 11 is 0. The van der Waals surface area contributed by atoms with Crippen LogP contribution in [0.4, 0.5) is 17.5 Å². The molecule has 2 N–H and O–H groups in total. The molecule has 0 amide bonds. The summed E-state index contributed by atoms with van der Waals surface area (Å²) in [5.41, 5.74) is 8.09. The molecule has 3 aromatic rings. The van der Waals surface area contributed by atoms with Gasteiger partial charge in [-0.1, -0.05) is 26.8 Å². The van der Waals surface area contributed by atoms with Crippen molar-refractivity contribution in [2.45, 2.75) is 58.5 Å². The van der Waals surface area contributed by atoms with E-state index in [0.717, 1.165) is 30.0 Å². The van der Waals surface area contributed by atoms with Crippen LogP contribution in [0.2, 0.25) is 0 Å². The van der Waals surface area contributed by atoms with Gasteiger partial charge in [0, 0.05) is 38.4 Å². The molecule has 0 bridgehead atoms. The van der Waals surface area contributed by atoms with Crippen LogP contribution in [0.15, 0.2) is 47.5 Å². The second-order valence-corrected chi connectivity index (χ2v) is 13.9. The third-order valence-electron chi connectivity index (χ3n) is 7.27. The zero-order chi connectivity index (χ0) is 29.4. The van der Waals surface area contributed by atoms with Gasteiger partial charge in [0.2, 0.25) is 9.84 Å². The SMILES string of the molecule is Cc1nc(N(C)CC(C)C)ccc1-c1ccc(C(=O)CS(=O)(=O)c2cccc(N)n2)c(N2CC(C)CC2(C)C)n1.[HH]. The first-order valence-electron chi connectivity index (χ1n) is 13.6. The number of Topliss-reactive ketones (excluding diaryl/α,β-unsaturated/α-hetero) is 1. The second-order valence-electron chi connectivity index (χ2n) is 12.0. The second kappa shape index (κ2) is 11.2. The fourth-order valence-corrected chi connectivity index (χ4v) is 6.76. The lowest BCUT2D eigenvalue weighted by Crippen LogP contribution is -2.40. The third-order valence-corrected chi connectivity index (χ3v) is 8.77. The maximum absolute atomic E-state index is 13.6. The van der Waals surface area contributed by atoms with Crippen LogP contribution in [0, 0.1) is 18.8 Å². The van der Waals surface area contributed by atoms with E-state index in [1.807, 2.05) is 26.1 Å². The van der Waals surface area contributed by atoms with Gasteiger partial charge in [0.1, 0.15) is 23.2 Å². The smallest absolute Gasteiger partial charge is 0.203 e. The van der Waals surface area contributed by atoms with Crippen molar-refractivity contribution < 1.29 is 14.6 Å². The number of nitrogen functional groups attached to an aromatic ring is 1. The first-order valence-corrected chi connectivity index (χ1v) is 15.3. The van der Waals surface area contributed by atoms with Crippen molar-refractivity contribution in [3.8, 4) is 11.3 Å². The summed E-state index contributed by atoms with van der Waals surface area (Å²) in [5.74, 6) is 1.10. The van der Waals surface area contributed by atoms with E-state index in [9.17, 15) is 13.2 Å². The number of sulfone groups is 1. The van der Waals surface area contributed by atoms with Crippen LogP contribution in [0.25, 0.3) is 11.3 Å². The molecule has 1 aliphatic rings. The zero-order valence-electron chi connectivity index (χ0n) is 24.5. The van der Waals surface area contributed by atoms with Gasteiger partial charge >= 0.3 is 0 Å². The Kier molecular flexibility index (Phi) is 8.21. The quantitative estimate of drug-likeness (QED) is 0.355. The fraction of sp³-hybridized carbons (Fsp3) is 0.467. The maximum Gasteiger partial charge on any atom is 0.203 e. The Balaban J connectivity index is 0.00000462. The normalized spacial score (nSPS) is 16.9. The van der Waals surface area contributed by atoms with E-state index in [4.69, 9.17) is 15.7 Å². The number of ketones is 1. The molecular formula is C30H42N6O3S. The van der Waals surface area contributed by atoms with E-state index < -0.39 is 21.4 Å². The first-order chi connectivity index (χ1) is 18.7. The molecule has 10 heteroatoms. The highest BCUT2D eigenvalue weighted by Gasteiger charge is 2.39. The third kappa shape index (κ3) is 6.27. The Morgan fingerprint density at radius 2 is 1.88 bits per heavy atom.